The molecule has 1 aliphatic heterocycles. The van der Waals surface area contributed by atoms with Crippen LogP contribution in [0.4, 0.5) is 5.69 Å². The first-order chi connectivity index (χ1) is 12.3. The van der Waals surface area contributed by atoms with E-state index < -0.39 is 0 Å². The number of carbonyl (C=O) groups excluding carboxylic acids is 2. The fourth-order valence-electron chi connectivity index (χ4n) is 3.70. The molecule has 0 spiro atoms. The van der Waals surface area contributed by atoms with E-state index in [1.807, 2.05) is 52.0 Å². The molecule has 0 aromatic heterocycles. The van der Waals surface area contributed by atoms with Gasteiger partial charge in [0, 0.05) is 25.2 Å². The molecule has 0 aliphatic carbocycles. The lowest BCUT2D eigenvalue weighted by molar-refractivity contribution is -0.128. The zero-order valence-corrected chi connectivity index (χ0v) is 15.9. The maximum absolute atomic E-state index is 12.7. The summed E-state index contributed by atoms with van der Waals surface area (Å²) >= 11 is 0. The lowest BCUT2D eigenvalue weighted by atomic mass is 10.0. The van der Waals surface area contributed by atoms with Gasteiger partial charge in [0.05, 0.1) is 5.92 Å². The van der Waals surface area contributed by atoms with Crippen molar-refractivity contribution in [3.8, 4) is 0 Å². The highest BCUT2D eigenvalue weighted by atomic mass is 16.2. The second kappa shape index (κ2) is 7.32. The quantitative estimate of drug-likeness (QED) is 0.909. The summed E-state index contributed by atoms with van der Waals surface area (Å²) in [7, 11) is 0. The Morgan fingerprint density at radius 1 is 1.08 bits per heavy atom. The number of hydrogen-bond donors (Lipinski definition) is 1. The molecule has 3 rings (SSSR count). The van der Waals surface area contributed by atoms with Gasteiger partial charge in [0.2, 0.25) is 11.8 Å². The monoisotopic (exact) mass is 350 g/mol. The normalized spacial score (nSPS) is 16.8. The number of benzene rings is 2. The maximum Gasteiger partial charge on any atom is 0.229 e. The van der Waals surface area contributed by atoms with Crippen LogP contribution in [0.5, 0.6) is 0 Å². The predicted molar refractivity (Wildman–Crippen MR) is 104 cm³/mol. The first kappa shape index (κ1) is 18.2. The Labute approximate surface area is 155 Å². The van der Waals surface area contributed by atoms with Gasteiger partial charge in [-0.3, -0.25) is 9.59 Å². The largest absolute Gasteiger partial charge is 0.338 e. The Bertz CT molecular complexity index is 834. The van der Waals surface area contributed by atoms with Crippen LogP contribution in [0.3, 0.4) is 0 Å². The fourth-order valence-corrected chi connectivity index (χ4v) is 3.70. The van der Waals surface area contributed by atoms with E-state index in [-0.39, 0.29) is 24.2 Å². The van der Waals surface area contributed by atoms with E-state index in [0.717, 1.165) is 22.4 Å². The highest BCUT2D eigenvalue weighted by molar-refractivity contribution is 5.98. The van der Waals surface area contributed by atoms with Gasteiger partial charge in [-0.15, -0.1) is 0 Å². The molecule has 1 aliphatic rings. The van der Waals surface area contributed by atoms with E-state index in [2.05, 4.69) is 17.4 Å². The number of likely N-dealkylation sites (tertiary alicyclic amines) is 1. The Morgan fingerprint density at radius 2 is 1.73 bits per heavy atom. The summed E-state index contributed by atoms with van der Waals surface area (Å²) in [6, 6.07) is 12.2. The summed E-state index contributed by atoms with van der Waals surface area (Å²) in [5, 5.41) is 3.05. The van der Waals surface area contributed by atoms with Gasteiger partial charge in [0.15, 0.2) is 0 Å². The minimum absolute atomic E-state index is 0.0470. The van der Waals surface area contributed by atoms with Gasteiger partial charge in [-0.2, -0.15) is 0 Å². The van der Waals surface area contributed by atoms with Crippen LogP contribution in [0.1, 0.15) is 34.2 Å². The molecule has 1 N–H and O–H groups in total. The van der Waals surface area contributed by atoms with E-state index in [1.165, 1.54) is 11.1 Å². The molecule has 0 radical (unpaired) electrons. The third-order valence-corrected chi connectivity index (χ3v) is 5.13. The predicted octanol–water partition coefficient (Wildman–Crippen LogP) is 3.91. The molecule has 1 atom stereocenters. The molecule has 1 heterocycles. The summed E-state index contributed by atoms with van der Waals surface area (Å²) in [6.07, 6.45) is 0.279. The molecule has 2 aromatic carbocycles. The Balaban J connectivity index is 1.69. The van der Waals surface area contributed by atoms with Crippen LogP contribution in [0.25, 0.3) is 0 Å². The van der Waals surface area contributed by atoms with Crippen molar-refractivity contribution >= 4 is 17.5 Å². The highest BCUT2D eigenvalue weighted by Gasteiger charge is 2.34. The van der Waals surface area contributed by atoms with E-state index >= 15 is 0 Å². The Kier molecular flexibility index (Phi) is 5.12. The van der Waals surface area contributed by atoms with E-state index in [1.54, 1.807) is 4.90 Å². The van der Waals surface area contributed by atoms with Crippen molar-refractivity contribution in [2.24, 2.45) is 5.92 Å². The smallest absolute Gasteiger partial charge is 0.229 e. The molecule has 0 saturated carbocycles. The van der Waals surface area contributed by atoms with Gasteiger partial charge in [-0.05, 0) is 49.9 Å². The van der Waals surface area contributed by atoms with Crippen LogP contribution in [0.15, 0.2) is 36.4 Å². The first-order valence-corrected chi connectivity index (χ1v) is 9.06. The zero-order chi connectivity index (χ0) is 18.8. The summed E-state index contributed by atoms with van der Waals surface area (Å²) in [5.74, 6) is -0.321. The van der Waals surface area contributed by atoms with Crippen LogP contribution < -0.4 is 5.32 Å². The molecule has 136 valence electrons. The van der Waals surface area contributed by atoms with Gasteiger partial charge in [-0.25, -0.2) is 0 Å². The minimum Gasteiger partial charge on any atom is -0.338 e. The Morgan fingerprint density at radius 3 is 2.38 bits per heavy atom. The average Bonchev–Trinajstić information content (AvgIpc) is 2.94. The number of nitrogens with one attached hydrogen (secondary N) is 1. The number of hydrogen-bond acceptors (Lipinski definition) is 2. The second-order valence-electron chi connectivity index (χ2n) is 7.36. The Hall–Kier alpha value is -2.62. The van der Waals surface area contributed by atoms with Crippen molar-refractivity contribution in [2.75, 3.05) is 11.9 Å². The van der Waals surface area contributed by atoms with Crippen LogP contribution in [-0.2, 0) is 16.1 Å². The molecule has 1 fully saturated rings. The van der Waals surface area contributed by atoms with Crippen molar-refractivity contribution in [1.29, 1.82) is 0 Å². The zero-order valence-electron chi connectivity index (χ0n) is 15.9. The number of rotatable bonds is 4. The van der Waals surface area contributed by atoms with Gasteiger partial charge >= 0.3 is 0 Å². The van der Waals surface area contributed by atoms with Crippen LogP contribution in [0.2, 0.25) is 0 Å². The third-order valence-electron chi connectivity index (χ3n) is 5.13. The van der Waals surface area contributed by atoms with Crippen molar-refractivity contribution in [3.63, 3.8) is 0 Å². The van der Waals surface area contributed by atoms with Crippen LogP contribution in [0, 0.1) is 33.6 Å². The third kappa shape index (κ3) is 3.79. The van der Waals surface area contributed by atoms with Gasteiger partial charge < -0.3 is 10.2 Å². The molecule has 0 bridgehead atoms. The fraction of sp³-hybridized carbons (Fsp3) is 0.364. The van der Waals surface area contributed by atoms with Crippen LogP contribution in [-0.4, -0.2) is 23.3 Å². The SMILES string of the molecule is Cc1cc(C)c(NC(=O)C2CC(=O)N(Cc3ccccc3C)C2)c(C)c1. The van der Waals surface area contributed by atoms with E-state index in [9.17, 15) is 9.59 Å². The van der Waals surface area contributed by atoms with Crippen LogP contribution >= 0.6 is 0 Å². The molecule has 4 heteroatoms. The molecule has 1 unspecified atom stereocenters. The van der Waals surface area contributed by atoms with Crippen molar-refractivity contribution < 1.29 is 9.59 Å². The summed E-state index contributed by atoms with van der Waals surface area (Å²) in [5.41, 5.74) is 6.45. The molecule has 1 saturated heterocycles. The lowest BCUT2D eigenvalue weighted by Gasteiger charge is -2.18. The molecular weight excluding hydrogens is 324 g/mol. The first-order valence-electron chi connectivity index (χ1n) is 9.06. The second-order valence-corrected chi connectivity index (χ2v) is 7.36. The van der Waals surface area contributed by atoms with Crippen molar-refractivity contribution in [1.82, 2.24) is 4.90 Å². The molecule has 4 nitrogen and oxygen atoms in total. The molecule has 2 aromatic rings. The molecular formula is C22H26N2O2. The standard InChI is InChI=1S/C22H26N2O2/c1-14-9-16(3)21(17(4)10-14)23-22(26)19-11-20(25)24(13-19)12-18-8-6-5-7-15(18)2/h5-10,19H,11-13H2,1-4H3,(H,23,26). The summed E-state index contributed by atoms with van der Waals surface area (Å²) < 4.78 is 0. The number of aryl methyl sites for hydroxylation is 4. The highest BCUT2D eigenvalue weighted by Crippen LogP contribution is 2.26. The van der Waals surface area contributed by atoms with E-state index in [0.29, 0.717) is 13.1 Å². The van der Waals surface area contributed by atoms with Crippen molar-refractivity contribution in [3.05, 3.63) is 64.2 Å². The van der Waals surface area contributed by atoms with Crippen molar-refractivity contribution in [2.45, 2.75) is 40.7 Å². The summed E-state index contributed by atoms with van der Waals surface area (Å²) in [4.78, 5) is 26.9. The lowest BCUT2D eigenvalue weighted by Crippen LogP contribution is -2.28. The average molecular weight is 350 g/mol. The number of carbonyl (C=O) groups is 2. The number of anilines is 1. The number of amides is 2. The minimum atomic E-state index is -0.299. The summed E-state index contributed by atoms with van der Waals surface area (Å²) in [6.45, 7) is 9.13. The maximum atomic E-state index is 12.7. The van der Waals surface area contributed by atoms with Gasteiger partial charge in [-0.1, -0.05) is 42.0 Å². The van der Waals surface area contributed by atoms with Gasteiger partial charge in [0.25, 0.3) is 0 Å². The van der Waals surface area contributed by atoms with Gasteiger partial charge in [0.1, 0.15) is 0 Å². The number of nitrogens with zero attached hydrogens (tertiary/aromatic N) is 1. The molecule has 26 heavy (non-hydrogen) atoms. The van der Waals surface area contributed by atoms with E-state index in [4.69, 9.17) is 0 Å². The topological polar surface area (TPSA) is 49.4 Å². The molecule has 2 amide bonds.